The van der Waals surface area contributed by atoms with E-state index in [2.05, 4.69) is 5.32 Å². The normalized spacial score (nSPS) is 19.3. The number of piperidine rings is 1. The van der Waals surface area contributed by atoms with Gasteiger partial charge in [-0.3, -0.25) is 9.59 Å². The largest absolute Gasteiger partial charge is 0.342 e. The van der Waals surface area contributed by atoms with Gasteiger partial charge in [-0.05, 0) is 49.9 Å². The molecule has 29 heavy (non-hydrogen) atoms. The van der Waals surface area contributed by atoms with Gasteiger partial charge in [0.1, 0.15) is 0 Å². The quantitative estimate of drug-likeness (QED) is 0.810. The Morgan fingerprint density at radius 2 is 1.52 bits per heavy atom. The molecule has 2 aliphatic rings. The van der Waals surface area contributed by atoms with Crippen molar-refractivity contribution < 1.29 is 18.0 Å². The number of carbonyl (C=O) groups excluding carboxylic acids is 2. The average Bonchev–Trinajstić information content (AvgIpc) is 3.23. The molecule has 2 heterocycles. The minimum atomic E-state index is -3.45. The monoisotopic (exact) mass is 421 g/mol. The number of sulfonamides is 1. The lowest BCUT2D eigenvalue weighted by Gasteiger charge is -2.35. The second-order valence-corrected chi connectivity index (χ2v) is 10.9. The number of rotatable bonds is 4. The maximum atomic E-state index is 12.6. The van der Waals surface area contributed by atoms with Crippen molar-refractivity contribution >= 4 is 27.5 Å². The average molecular weight is 422 g/mol. The molecule has 2 saturated heterocycles. The lowest BCUT2D eigenvalue weighted by atomic mass is 9.90. The maximum absolute atomic E-state index is 12.6. The Hall–Kier alpha value is -1.93. The van der Waals surface area contributed by atoms with Crippen LogP contribution in [0, 0.1) is 11.3 Å². The minimum absolute atomic E-state index is 0.0805. The number of hydrogen-bond acceptors (Lipinski definition) is 4. The van der Waals surface area contributed by atoms with Crippen LogP contribution in [0.1, 0.15) is 46.5 Å². The van der Waals surface area contributed by atoms with Gasteiger partial charge >= 0.3 is 0 Å². The third kappa shape index (κ3) is 4.98. The highest BCUT2D eigenvalue weighted by Gasteiger charge is 2.32. The molecule has 1 N–H and O–H groups in total. The molecular weight excluding hydrogens is 390 g/mol. The number of carbonyl (C=O) groups is 2. The predicted octanol–water partition coefficient (Wildman–Crippen LogP) is 2.69. The summed E-state index contributed by atoms with van der Waals surface area (Å²) in [5.41, 5.74) is 0.176. The zero-order valence-electron chi connectivity index (χ0n) is 17.5. The fourth-order valence-corrected chi connectivity index (χ4v) is 5.37. The molecule has 160 valence electrons. The zero-order valence-corrected chi connectivity index (χ0v) is 18.3. The fourth-order valence-electron chi connectivity index (χ4n) is 3.85. The molecule has 2 aliphatic heterocycles. The molecule has 2 fully saturated rings. The number of hydrogen-bond donors (Lipinski definition) is 1. The summed E-state index contributed by atoms with van der Waals surface area (Å²) in [4.78, 5) is 27.1. The molecule has 0 bridgehead atoms. The van der Waals surface area contributed by atoms with Crippen LogP contribution in [0.15, 0.2) is 29.2 Å². The molecule has 7 nitrogen and oxygen atoms in total. The predicted molar refractivity (Wildman–Crippen MR) is 112 cm³/mol. The van der Waals surface area contributed by atoms with E-state index in [1.165, 1.54) is 4.31 Å². The van der Waals surface area contributed by atoms with E-state index in [1.807, 2.05) is 25.7 Å². The summed E-state index contributed by atoms with van der Waals surface area (Å²) in [6.07, 6.45) is 3.06. The van der Waals surface area contributed by atoms with Crippen LogP contribution in [0.25, 0.3) is 0 Å². The van der Waals surface area contributed by atoms with Crippen LogP contribution < -0.4 is 5.32 Å². The number of nitrogens with one attached hydrogen (secondary N) is 1. The summed E-state index contributed by atoms with van der Waals surface area (Å²) in [6.45, 7) is 8.02. The first kappa shape index (κ1) is 21.8. The third-order valence-corrected chi connectivity index (χ3v) is 7.53. The van der Waals surface area contributed by atoms with Gasteiger partial charge in [-0.15, -0.1) is 0 Å². The molecule has 0 aromatic heterocycles. The molecule has 8 heteroatoms. The Kier molecular flexibility index (Phi) is 6.33. The molecular formula is C21H31N3O4S. The molecule has 1 aromatic rings. The highest BCUT2D eigenvalue weighted by atomic mass is 32.2. The maximum Gasteiger partial charge on any atom is 0.243 e. The number of likely N-dealkylation sites (tertiary alicyclic amines) is 1. The van der Waals surface area contributed by atoms with E-state index < -0.39 is 15.4 Å². The second-order valence-electron chi connectivity index (χ2n) is 8.94. The lowest BCUT2D eigenvalue weighted by Crippen LogP contribution is -2.45. The van der Waals surface area contributed by atoms with Crippen molar-refractivity contribution in [3.05, 3.63) is 24.3 Å². The molecule has 1 aromatic carbocycles. The standard InChI is InChI=1S/C21H31N3O4S/c1-21(2,3)20(26)23-14-10-16(11-15-23)19(25)22-17-6-8-18(9-7-17)29(27,28)24-12-4-5-13-24/h6-9,16H,4-5,10-15H2,1-3H3,(H,22,25). The summed E-state index contributed by atoms with van der Waals surface area (Å²) < 4.78 is 26.7. The van der Waals surface area contributed by atoms with E-state index in [0.29, 0.717) is 44.7 Å². The van der Waals surface area contributed by atoms with Crippen molar-refractivity contribution in [2.24, 2.45) is 11.3 Å². The first-order valence-electron chi connectivity index (χ1n) is 10.3. The molecule has 0 spiro atoms. The molecule has 0 aliphatic carbocycles. The topological polar surface area (TPSA) is 86.8 Å². The Morgan fingerprint density at radius 3 is 2.03 bits per heavy atom. The van der Waals surface area contributed by atoms with Crippen LogP contribution in [0.5, 0.6) is 0 Å². The van der Waals surface area contributed by atoms with Gasteiger partial charge in [-0.25, -0.2) is 8.42 Å². The summed E-state index contributed by atoms with van der Waals surface area (Å²) in [5, 5.41) is 2.88. The van der Waals surface area contributed by atoms with Crippen LogP contribution in [0.4, 0.5) is 5.69 Å². The Labute approximate surface area is 173 Å². The second kappa shape index (κ2) is 8.44. The van der Waals surface area contributed by atoms with Crippen LogP contribution in [-0.2, 0) is 19.6 Å². The van der Waals surface area contributed by atoms with Gasteiger partial charge in [-0.1, -0.05) is 20.8 Å². The van der Waals surface area contributed by atoms with Crippen molar-refractivity contribution in [2.45, 2.75) is 51.3 Å². The van der Waals surface area contributed by atoms with Gasteiger partial charge in [-0.2, -0.15) is 4.31 Å². The lowest BCUT2D eigenvalue weighted by molar-refractivity contribution is -0.142. The summed E-state index contributed by atoms with van der Waals surface area (Å²) in [6, 6.07) is 6.37. The molecule has 3 rings (SSSR count). The van der Waals surface area contributed by atoms with Gasteiger partial charge in [0.15, 0.2) is 0 Å². The first-order valence-corrected chi connectivity index (χ1v) is 11.7. The van der Waals surface area contributed by atoms with Crippen LogP contribution in [0.2, 0.25) is 0 Å². The molecule has 0 unspecified atom stereocenters. The highest BCUT2D eigenvalue weighted by molar-refractivity contribution is 7.89. The highest BCUT2D eigenvalue weighted by Crippen LogP contribution is 2.26. The summed E-state index contributed by atoms with van der Waals surface area (Å²) >= 11 is 0. The smallest absolute Gasteiger partial charge is 0.243 e. The SMILES string of the molecule is CC(C)(C)C(=O)N1CCC(C(=O)Nc2ccc(S(=O)(=O)N3CCCC3)cc2)CC1. The van der Waals surface area contributed by atoms with E-state index in [9.17, 15) is 18.0 Å². The van der Waals surface area contributed by atoms with Gasteiger partial charge < -0.3 is 10.2 Å². The van der Waals surface area contributed by atoms with Crippen molar-refractivity contribution in [1.29, 1.82) is 0 Å². The fraction of sp³-hybridized carbons (Fsp3) is 0.619. The van der Waals surface area contributed by atoms with Gasteiger partial charge in [0.25, 0.3) is 0 Å². The van der Waals surface area contributed by atoms with Crippen molar-refractivity contribution in [3.63, 3.8) is 0 Å². The van der Waals surface area contributed by atoms with Crippen molar-refractivity contribution in [1.82, 2.24) is 9.21 Å². The Bertz CT molecular complexity index is 845. The Morgan fingerprint density at radius 1 is 0.966 bits per heavy atom. The van der Waals surface area contributed by atoms with Crippen molar-refractivity contribution in [3.8, 4) is 0 Å². The van der Waals surface area contributed by atoms with E-state index in [0.717, 1.165) is 12.8 Å². The van der Waals surface area contributed by atoms with E-state index in [4.69, 9.17) is 0 Å². The summed E-state index contributed by atoms with van der Waals surface area (Å²) in [7, 11) is -3.45. The van der Waals surface area contributed by atoms with Crippen LogP contribution >= 0.6 is 0 Å². The number of amides is 2. The zero-order chi connectivity index (χ0) is 21.2. The van der Waals surface area contributed by atoms with Gasteiger partial charge in [0, 0.05) is 43.2 Å². The molecule has 2 amide bonds. The molecule has 0 saturated carbocycles. The molecule has 0 radical (unpaired) electrons. The van der Waals surface area contributed by atoms with E-state index in [-0.39, 0.29) is 22.6 Å². The first-order chi connectivity index (χ1) is 13.6. The van der Waals surface area contributed by atoms with Gasteiger partial charge in [0.2, 0.25) is 21.8 Å². The number of nitrogens with zero attached hydrogens (tertiary/aromatic N) is 2. The number of benzene rings is 1. The van der Waals surface area contributed by atoms with Crippen LogP contribution in [0.3, 0.4) is 0 Å². The summed E-state index contributed by atoms with van der Waals surface area (Å²) in [5.74, 6) is -0.110. The van der Waals surface area contributed by atoms with E-state index >= 15 is 0 Å². The van der Waals surface area contributed by atoms with E-state index in [1.54, 1.807) is 24.3 Å². The Balaban J connectivity index is 1.56. The minimum Gasteiger partial charge on any atom is -0.342 e. The third-order valence-electron chi connectivity index (χ3n) is 5.62. The number of anilines is 1. The molecule has 0 atom stereocenters. The van der Waals surface area contributed by atoms with Crippen LogP contribution in [-0.4, -0.2) is 55.6 Å². The van der Waals surface area contributed by atoms with Crippen molar-refractivity contribution in [2.75, 3.05) is 31.5 Å². The van der Waals surface area contributed by atoms with Gasteiger partial charge in [0.05, 0.1) is 4.90 Å².